The highest BCUT2D eigenvalue weighted by Crippen LogP contribution is 2.21. The zero-order valence-electron chi connectivity index (χ0n) is 14.9. The summed E-state index contributed by atoms with van der Waals surface area (Å²) in [6.07, 6.45) is 0. The van der Waals surface area contributed by atoms with Crippen LogP contribution in [0.3, 0.4) is 0 Å². The van der Waals surface area contributed by atoms with Gasteiger partial charge in [0.15, 0.2) is 0 Å². The molecule has 0 radical (unpaired) electrons. The number of fused-ring (bicyclic) bond motifs is 1. The molecule has 0 aliphatic rings. The predicted octanol–water partition coefficient (Wildman–Crippen LogP) is 2.82. The molecule has 1 N–H and O–H groups in total. The van der Waals surface area contributed by atoms with Crippen molar-refractivity contribution in [3.8, 4) is 0 Å². The van der Waals surface area contributed by atoms with Crippen LogP contribution in [0.1, 0.15) is 35.6 Å². The number of hydrogen-bond donors (Lipinski definition) is 1. The lowest BCUT2D eigenvalue weighted by Gasteiger charge is -2.19. The van der Waals surface area contributed by atoms with Gasteiger partial charge in [0.05, 0.1) is 5.69 Å². The molecule has 0 spiro atoms. The Bertz CT molecular complexity index is 1010. The molecule has 0 saturated carbocycles. The summed E-state index contributed by atoms with van der Waals surface area (Å²) in [5.41, 5.74) is 3.02. The largest absolute Gasteiger partial charge is 0.335 e. The van der Waals surface area contributed by atoms with E-state index in [1.54, 1.807) is 20.8 Å². The van der Waals surface area contributed by atoms with Crippen molar-refractivity contribution in [2.45, 2.75) is 40.7 Å². The topological polar surface area (TPSA) is 90.0 Å². The average Bonchev–Trinajstić information content (AvgIpc) is 2.91. The van der Waals surface area contributed by atoms with E-state index in [0.717, 1.165) is 16.8 Å². The first-order chi connectivity index (χ1) is 11.8. The molecule has 2 aromatic heterocycles. The summed E-state index contributed by atoms with van der Waals surface area (Å²) in [5.74, 6) is 0.121. The summed E-state index contributed by atoms with van der Waals surface area (Å²) in [5, 5.41) is 7.01. The van der Waals surface area contributed by atoms with Crippen molar-refractivity contribution in [2.75, 3.05) is 5.32 Å². The summed E-state index contributed by atoms with van der Waals surface area (Å²) in [6, 6.07) is 5.07. The maximum Gasteiger partial charge on any atom is 0.267 e. The molecule has 0 aliphatic heterocycles. The molecule has 7 nitrogen and oxygen atoms in total. The smallest absolute Gasteiger partial charge is 0.267 e. The van der Waals surface area contributed by atoms with Crippen LogP contribution in [-0.4, -0.2) is 20.6 Å². The number of hydrogen-bond acceptors (Lipinski definition) is 5. The molecule has 0 unspecified atom stereocenters. The van der Waals surface area contributed by atoms with Crippen LogP contribution in [0.15, 0.2) is 27.5 Å². The fourth-order valence-corrected chi connectivity index (χ4v) is 2.96. The Hall–Kier alpha value is -2.96. The van der Waals surface area contributed by atoms with Crippen LogP contribution in [0.25, 0.3) is 11.1 Å². The lowest BCUT2D eigenvalue weighted by Crippen LogP contribution is -2.34. The molecule has 1 amide bonds. The SMILES string of the molecule is Cc1cccc(C)c1NC(=O)[C@H](C)n1c(C)nc2onc(C)c2c1=O. The third kappa shape index (κ3) is 2.82. The van der Waals surface area contributed by atoms with E-state index in [1.165, 1.54) is 4.57 Å². The Balaban J connectivity index is 2.02. The van der Waals surface area contributed by atoms with Crippen LogP contribution in [0.2, 0.25) is 0 Å². The third-order valence-electron chi connectivity index (χ3n) is 4.39. The summed E-state index contributed by atoms with van der Waals surface area (Å²) < 4.78 is 6.43. The number of rotatable bonds is 3. The summed E-state index contributed by atoms with van der Waals surface area (Å²) >= 11 is 0. The zero-order valence-corrected chi connectivity index (χ0v) is 14.9. The fraction of sp³-hybridized carbons (Fsp3) is 0.333. The number of nitrogens with one attached hydrogen (secondary N) is 1. The van der Waals surface area contributed by atoms with Gasteiger partial charge in [0.2, 0.25) is 5.91 Å². The number of aryl methyl sites for hydroxylation is 4. The fourth-order valence-electron chi connectivity index (χ4n) is 2.96. The Labute approximate surface area is 144 Å². The minimum atomic E-state index is -0.724. The average molecular weight is 340 g/mol. The van der Waals surface area contributed by atoms with Crippen LogP contribution >= 0.6 is 0 Å². The van der Waals surface area contributed by atoms with Gasteiger partial charge in [-0.2, -0.15) is 4.98 Å². The second-order valence-corrected chi connectivity index (χ2v) is 6.21. The lowest BCUT2D eigenvalue weighted by atomic mass is 10.1. The number of para-hydroxylation sites is 1. The quantitative estimate of drug-likeness (QED) is 0.792. The van der Waals surface area contributed by atoms with Gasteiger partial charge >= 0.3 is 0 Å². The molecule has 0 saturated heterocycles. The molecule has 0 aliphatic carbocycles. The number of anilines is 1. The van der Waals surface area contributed by atoms with Gasteiger partial charge in [0.25, 0.3) is 11.3 Å². The molecule has 25 heavy (non-hydrogen) atoms. The van der Waals surface area contributed by atoms with Crippen molar-refractivity contribution in [1.82, 2.24) is 14.7 Å². The summed E-state index contributed by atoms with van der Waals surface area (Å²) in [7, 11) is 0. The molecule has 3 aromatic rings. The minimum Gasteiger partial charge on any atom is -0.335 e. The number of nitrogens with zero attached hydrogens (tertiary/aromatic N) is 3. The molecule has 0 bridgehead atoms. The van der Waals surface area contributed by atoms with E-state index in [9.17, 15) is 9.59 Å². The Kier molecular flexibility index (Phi) is 4.16. The second kappa shape index (κ2) is 6.16. The molecule has 3 rings (SSSR count). The van der Waals surface area contributed by atoms with Gasteiger partial charge in [-0.3, -0.25) is 14.2 Å². The van der Waals surface area contributed by atoms with Crippen LogP contribution in [0.4, 0.5) is 5.69 Å². The molecule has 1 aromatic carbocycles. The second-order valence-electron chi connectivity index (χ2n) is 6.21. The number of aromatic nitrogens is 3. The normalized spacial score (nSPS) is 12.4. The van der Waals surface area contributed by atoms with Gasteiger partial charge in [-0.15, -0.1) is 0 Å². The van der Waals surface area contributed by atoms with Gasteiger partial charge in [-0.05, 0) is 45.7 Å². The number of benzene rings is 1. The molecule has 7 heteroatoms. The predicted molar refractivity (Wildman–Crippen MR) is 94.8 cm³/mol. The standard InChI is InChI=1S/C18H20N4O3/c1-9-7-6-8-10(2)15(9)20-16(23)12(4)22-13(5)19-17-14(18(22)24)11(3)21-25-17/h6-8,12H,1-5H3,(H,20,23)/t12-/m0/s1. The Morgan fingerprint density at radius 3 is 2.48 bits per heavy atom. The molecular formula is C18H20N4O3. The van der Waals surface area contributed by atoms with E-state index in [4.69, 9.17) is 4.52 Å². The monoisotopic (exact) mass is 340 g/mol. The molecule has 1 atom stereocenters. The molecular weight excluding hydrogens is 320 g/mol. The Morgan fingerprint density at radius 2 is 1.84 bits per heavy atom. The number of carbonyl (C=O) groups is 1. The number of carbonyl (C=O) groups excluding carboxylic acids is 1. The van der Waals surface area contributed by atoms with Crippen LogP contribution in [0.5, 0.6) is 0 Å². The molecule has 0 fully saturated rings. The van der Waals surface area contributed by atoms with Crippen LogP contribution in [0, 0.1) is 27.7 Å². The zero-order chi connectivity index (χ0) is 18.3. The highest BCUT2D eigenvalue weighted by Gasteiger charge is 2.23. The van der Waals surface area contributed by atoms with E-state index in [0.29, 0.717) is 16.9 Å². The first-order valence-electron chi connectivity index (χ1n) is 8.03. The van der Waals surface area contributed by atoms with Gasteiger partial charge < -0.3 is 9.84 Å². The van der Waals surface area contributed by atoms with Gasteiger partial charge in [-0.25, -0.2) is 0 Å². The first-order valence-corrected chi connectivity index (χ1v) is 8.03. The van der Waals surface area contributed by atoms with Gasteiger partial charge in [0, 0.05) is 5.69 Å². The molecule has 2 heterocycles. The maximum absolute atomic E-state index is 12.8. The summed E-state index contributed by atoms with van der Waals surface area (Å²) in [6.45, 7) is 8.88. The van der Waals surface area contributed by atoms with Crippen molar-refractivity contribution < 1.29 is 9.32 Å². The van der Waals surface area contributed by atoms with E-state index < -0.39 is 6.04 Å². The van der Waals surface area contributed by atoms with E-state index >= 15 is 0 Å². The highest BCUT2D eigenvalue weighted by molar-refractivity contribution is 5.95. The summed E-state index contributed by atoms with van der Waals surface area (Å²) in [4.78, 5) is 29.8. The highest BCUT2D eigenvalue weighted by atomic mass is 16.5. The van der Waals surface area contributed by atoms with E-state index in [-0.39, 0.29) is 17.2 Å². The van der Waals surface area contributed by atoms with Crippen LogP contribution in [-0.2, 0) is 4.79 Å². The minimum absolute atomic E-state index is 0.193. The van der Waals surface area contributed by atoms with Crippen molar-refractivity contribution in [1.29, 1.82) is 0 Å². The van der Waals surface area contributed by atoms with E-state index in [2.05, 4.69) is 15.5 Å². The van der Waals surface area contributed by atoms with Crippen molar-refractivity contribution >= 4 is 22.7 Å². The third-order valence-corrected chi connectivity index (χ3v) is 4.39. The van der Waals surface area contributed by atoms with Gasteiger partial charge in [0.1, 0.15) is 17.3 Å². The van der Waals surface area contributed by atoms with E-state index in [1.807, 2.05) is 32.0 Å². The van der Waals surface area contributed by atoms with Gasteiger partial charge in [-0.1, -0.05) is 23.4 Å². The maximum atomic E-state index is 12.8. The lowest BCUT2D eigenvalue weighted by molar-refractivity contribution is -0.118. The van der Waals surface area contributed by atoms with Crippen molar-refractivity contribution in [3.63, 3.8) is 0 Å². The van der Waals surface area contributed by atoms with Crippen molar-refractivity contribution in [2.24, 2.45) is 0 Å². The molecule has 130 valence electrons. The van der Waals surface area contributed by atoms with Crippen LogP contribution < -0.4 is 10.9 Å². The Morgan fingerprint density at radius 1 is 1.20 bits per heavy atom. The number of amides is 1. The first kappa shape index (κ1) is 16.9. The van der Waals surface area contributed by atoms with Crippen molar-refractivity contribution in [3.05, 3.63) is 51.2 Å².